The molecule has 0 saturated heterocycles. The molecule has 21 heavy (non-hydrogen) atoms. The molecule has 2 rings (SSSR count). The van der Waals surface area contributed by atoms with Gasteiger partial charge in [-0.25, -0.2) is 27.5 Å². The number of hydrogen-bond donors (Lipinski definition) is 2. The summed E-state index contributed by atoms with van der Waals surface area (Å²) in [5, 5.41) is 3.67. The van der Waals surface area contributed by atoms with Crippen LogP contribution in [0.15, 0.2) is 24.5 Å². The fourth-order valence-electron chi connectivity index (χ4n) is 1.82. The van der Waals surface area contributed by atoms with E-state index in [2.05, 4.69) is 20.0 Å². The predicted octanol–water partition coefficient (Wildman–Crippen LogP) is 1.51. The van der Waals surface area contributed by atoms with Gasteiger partial charge in [0.1, 0.15) is 23.5 Å². The summed E-state index contributed by atoms with van der Waals surface area (Å²) >= 11 is 0. The number of rotatable bonds is 7. The topological polar surface area (TPSA) is 84.0 Å². The molecule has 8 heteroatoms. The van der Waals surface area contributed by atoms with Gasteiger partial charge in [-0.3, -0.25) is 0 Å². The molecule has 1 heterocycles. The number of sulfonamides is 1. The van der Waals surface area contributed by atoms with Crippen molar-refractivity contribution in [3.05, 3.63) is 30.3 Å². The van der Waals surface area contributed by atoms with Gasteiger partial charge in [-0.05, 0) is 25.5 Å². The number of hydrogen-bond acceptors (Lipinski definition) is 5. The lowest BCUT2D eigenvalue weighted by molar-refractivity contribution is 0.581. The van der Waals surface area contributed by atoms with Crippen LogP contribution in [-0.4, -0.2) is 37.2 Å². The molecule has 2 N–H and O–H groups in total. The van der Waals surface area contributed by atoms with Crippen LogP contribution in [-0.2, 0) is 10.0 Å². The second-order valence-electron chi connectivity index (χ2n) is 4.44. The summed E-state index contributed by atoms with van der Waals surface area (Å²) in [7, 11) is -3.16. The SMILES string of the molecule is CCS(=O)(=O)NCCCNc1ncnc2c(F)cccc12. The third-order valence-corrected chi connectivity index (χ3v) is 4.37. The molecule has 0 bridgehead atoms. The number of halogens is 1. The Morgan fingerprint density at radius 1 is 1.24 bits per heavy atom. The van der Waals surface area contributed by atoms with Gasteiger partial charge in [0, 0.05) is 18.5 Å². The summed E-state index contributed by atoms with van der Waals surface area (Å²) in [6.45, 7) is 2.46. The van der Waals surface area contributed by atoms with Gasteiger partial charge >= 0.3 is 0 Å². The van der Waals surface area contributed by atoms with Crippen molar-refractivity contribution < 1.29 is 12.8 Å². The van der Waals surface area contributed by atoms with Crippen molar-refractivity contribution in [1.82, 2.24) is 14.7 Å². The lowest BCUT2D eigenvalue weighted by Gasteiger charge is -2.09. The van der Waals surface area contributed by atoms with Crippen LogP contribution in [0.1, 0.15) is 13.3 Å². The van der Waals surface area contributed by atoms with Gasteiger partial charge in [-0.1, -0.05) is 6.07 Å². The maximum Gasteiger partial charge on any atom is 0.211 e. The molecule has 0 amide bonds. The Morgan fingerprint density at radius 3 is 2.81 bits per heavy atom. The summed E-state index contributed by atoms with van der Waals surface area (Å²) in [4.78, 5) is 7.99. The molecule has 0 spiro atoms. The van der Waals surface area contributed by atoms with E-state index in [9.17, 15) is 12.8 Å². The van der Waals surface area contributed by atoms with Gasteiger partial charge in [0.25, 0.3) is 0 Å². The number of nitrogens with one attached hydrogen (secondary N) is 2. The number of aromatic nitrogens is 2. The Bertz CT molecular complexity index is 721. The number of benzene rings is 1. The van der Waals surface area contributed by atoms with Gasteiger partial charge in [0.15, 0.2) is 0 Å². The number of fused-ring (bicyclic) bond motifs is 1. The van der Waals surface area contributed by atoms with E-state index in [-0.39, 0.29) is 11.3 Å². The van der Waals surface area contributed by atoms with Crippen LogP contribution in [0, 0.1) is 5.82 Å². The van der Waals surface area contributed by atoms with Crippen LogP contribution in [0.4, 0.5) is 10.2 Å². The highest BCUT2D eigenvalue weighted by molar-refractivity contribution is 7.89. The van der Waals surface area contributed by atoms with E-state index in [1.165, 1.54) is 12.4 Å². The Labute approximate surface area is 122 Å². The van der Waals surface area contributed by atoms with E-state index < -0.39 is 15.8 Å². The third kappa shape index (κ3) is 4.08. The van der Waals surface area contributed by atoms with Crippen molar-refractivity contribution in [2.45, 2.75) is 13.3 Å². The molecule has 0 radical (unpaired) electrons. The fourth-order valence-corrected chi connectivity index (χ4v) is 2.48. The zero-order valence-electron chi connectivity index (χ0n) is 11.6. The molecule has 0 unspecified atom stereocenters. The maximum atomic E-state index is 13.6. The fraction of sp³-hybridized carbons (Fsp3) is 0.385. The molecule has 6 nitrogen and oxygen atoms in total. The number of nitrogens with zero attached hydrogens (tertiary/aromatic N) is 2. The molecule has 0 aliphatic heterocycles. The highest BCUT2D eigenvalue weighted by atomic mass is 32.2. The van der Waals surface area contributed by atoms with Crippen LogP contribution in [0.5, 0.6) is 0 Å². The predicted molar refractivity (Wildman–Crippen MR) is 80.1 cm³/mol. The van der Waals surface area contributed by atoms with E-state index in [1.807, 2.05) is 0 Å². The quantitative estimate of drug-likeness (QED) is 0.757. The molecule has 1 aromatic carbocycles. The summed E-state index contributed by atoms with van der Waals surface area (Å²) < 4.78 is 38.6. The van der Waals surface area contributed by atoms with Crippen molar-refractivity contribution >= 4 is 26.7 Å². The number of anilines is 1. The average molecular weight is 312 g/mol. The molecule has 1 aromatic heterocycles. The molecule has 2 aromatic rings. The molecular formula is C13H17FN4O2S. The minimum Gasteiger partial charge on any atom is -0.369 e. The first-order chi connectivity index (χ1) is 10.0. The first kappa shape index (κ1) is 15.6. The van der Waals surface area contributed by atoms with Crippen molar-refractivity contribution in [3.63, 3.8) is 0 Å². The van der Waals surface area contributed by atoms with E-state index in [0.717, 1.165) is 0 Å². The minimum atomic E-state index is -3.16. The maximum absolute atomic E-state index is 13.6. The van der Waals surface area contributed by atoms with E-state index in [4.69, 9.17) is 0 Å². The van der Waals surface area contributed by atoms with Crippen LogP contribution >= 0.6 is 0 Å². The first-order valence-corrected chi connectivity index (χ1v) is 8.29. The highest BCUT2D eigenvalue weighted by Gasteiger charge is 2.07. The van der Waals surface area contributed by atoms with Gasteiger partial charge in [-0.15, -0.1) is 0 Å². The van der Waals surface area contributed by atoms with Crippen LogP contribution in [0.25, 0.3) is 10.9 Å². The van der Waals surface area contributed by atoms with Gasteiger partial charge in [0.2, 0.25) is 10.0 Å². The van der Waals surface area contributed by atoms with Gasteiger partial charge in [-0.2, -0.15) is 0 Å². The second kappa shape index (κ2) is 6.77. The molecule has 0 atom stereocenters. The minimum absolute atomic E-state index is 0.0657. The van der Waals surface area contributed by atoms with Crippen LogP contribution in [0.2, 0.25) is 0 Å². The normalized spacial score (nSPS) is 11.7. The van der Waals surface area contributed by atoms with E-state index >= 15 is 0 Å². The standard InChI is InChI=1S/C13H17FN4O2S/c1-2-21(19,20)18-8-4-7-15-13-10-5-3-6-11(14)12(10)16-9-17-13/h3,5-6,9,18H,2,4,7-8H2,1H3,(H,15,16,17). The van der Waals surface area contributed by atoms with Crippen molar-refractivity contribution in [2.24, 2.45) is 0 Å². The monoisotopic (exact) mass is 312 g/mol. The molecule has 114 valence electrons. The smallest absolute Gasteiger partial charge is 0.211 e. The average Bonchev–Trinajstić information content (AvgIpc) is 2.48. The van der Waals surface area contributed by atoms with Crippen LogP contribution < -0.4 is 10.0 Å². The Hall–Kier alpha value is -1.80. The Morgan fingerprint density at radius 2 is 2.05 bits per heavy atom. The van der Waals surface area contributed by atoms with E-state index in [0.29, 0.717) is 30.7 Å². The largest absolute Gasteiger partial charge is 0.369 e. The lowest BCUT2D eigenvalue weighted by atomic mass is 10.2. The summed E-state index contributed by atoms with van der Waals surface area (Å²) in [6.07, 6.45) is 1.90. The number of para-hydroxylation sites is 1. The molecule has 0 aliphatic carbocycles. The van der Waals surface area contributed by atoms with Gasteiger partial charge < -0.3 is 5.32 Å². The molecule has 0 fully saturated rings. The van der Waals surface area contributed by atoms with E-state index in [1.54, 1.807) is 19.1 Å². The zero-order chi connectivity index (χ0) is 15.3. The summed E-state index contributed by atoms with van der Waals surface area (Å²) in [5.74, 6) is 0.211. The van der Waals surface area contributed by atoms with Crippen molar-refractivity contribution in [2.75, 3.05) is 24.2 Å². The highest BCUT2D eigenvalue weighted by Crippen LogP contribution is 2.20. The van der Waals surface area contributed by atoms with Crippen molar-refractivity contribution in [1.29, 1.82) is 0 Å². The Balaban J connectivity index is 1.94. The van der Waals surface area contributed by atoms with Gasteiger partial charge in [0.05, 0.1) is 5.75 Å². The lowest BCUT2D eigenvalue weighted by Crippen LogP contribution is -2.27. The first-order valence-electron chi connectivity index (χ1n) is 6.64. The summed E-state index contributed by atoms with van der Waals surface area (Å²) in [5.41, 5.74) is 0.265. The van der Waals surface area contributed by atoms with Crippen molar-refractivity contribution in [3.8, 4) is 0 Å². The Kier molecular flexibility index (Phi) is 5.03. The second-order valence-corrected chi connectivity index (χ2v) is 6.53. The molecule has 0 saturated carbocycles. The summed E-state index contributed by atoms with van der Waals surface area (Å²) in [6, 6.07) is 4.68. The third-order valence-electron chi connectivity index (χ3n) is 2.96. The molecular weight excluding hydrogens is 295 g/mol. The zero-order valence-corrected chi connectivity index (χ0v) is 12.5. The molecule has 0 aliphatic rings. The van der Waals surface area contributed by atoms with Crippen LogP contribution in [0.3, 0.4) is 0 Å².